The van der Waals surface area contributed by atoms with Crippen LogP contribution in [0.3, 0.4) is 0 Å². The molecule has 0 aliphatic heterocycles. The van der Waals surface area contributed by atoms with Crippen LogP contribution < -0.4 is 5.32 Å². The van der Waals surface area contributed by atoms with Crippen molar-refractivity contribution < 1.29 is 4.74 Å². The zero-order valence-electron chi connectivity index (χ0n) is 13.2. The third kappa shape index (κ3) is 2.06. The van der Waals surface area contributed by atoms with Crippen molar-refractivity contribution in [1.82, 2.24) is 5.32 Å². The molecular weight excluding hydrogens is 234 g/mol. The van der Waals surface area contributed by atoms with E-state index in [2.05, 4.69) is 26.1 Å². The zero-order chi connectivity index (χ0) is 13.7. The Morgan fingerprint density at radius 1 is 1.16 bits per heavy atom. The largest absolute Gasteiger partial charge is 0.385 e. The molecule has 2 heteroatoms. The van der Waals surface area contributed by atoms with Crippen LogP contribution in [-0.2, 0) is 4.74 Å². The number of hydrogen-bond donors (Lipinski definition) is 1. The summed E-state index contributed by atoms with van der Waals surface area (Å²) in [7, 11) is 1.82. The molecule has 3 fully saturated rings. The minimum Gasteiger partial charge on any atom is -0.385 e. The highest BCUT2D eigenvalue weighted by Gasteiger charge is 2.61. The van der Waals surface area contributed by atoms with Crippen molar-refractivity contribution in [3.05, 3.63) is 0 Å². The van der Waals surface area contributed by atoms with Crippen LogP contribution in [0.1, 0.15) is 59.3 Å². The minimum atomic E-state index is 0.523. The zero-order valence-corrected chi connectivity index (χ0v) is 13.2. The molecule has 2 nitrogen and oxygen atoms in total. The third-order valence-electron chi connectivity index (χ3n) is 7.31. The van der Waals surface area contributed by atoms with Crippen molar-refractivity contribution in [3.63, 3.8) is 0 Å². The first-order valence-electron chi connectivity index (χ1n) is 8.16. The van der Waals surface area contributed by atoms with E-state index in [-0.39, 0.29) is 0 Å². The second-order valence-corrected chi connectivity index (χ2v) is 8.29. The third-order valence-corrected chi connectivity index (χ3v) is 7.31. The number of hydrogen-bond acceptors (Lipinski definition) is 2. The molecule has 3 rings (SSSR count). The van der Waals surface area contributed by atoms with Crippen molar-refractivity contribution in [2.24, 2.45) is 22.2 Å². The molecule has 0 aromatic rings. The molecule has 0 amide bonds. The van der Waals surface area contributed by atoms with Crippen LogP contribution in [0, 0.1) is 22.2 Å². The molecule has 1 N–H and O–H groups in total. The summed E-state index contributed by atoms with van der Waals surface area (Å²) in [5, 5.41) is 3.97. The predicted molar refractivity (Wildman–Crippen MR) is 79.2 cm³/mol. The van der Waals surface area contributed by atoms with Crippen LogP contribution in [0.15, 0.2) is 0 Å². The number of ether oxygens (including phenoxy) is 1. The van der Waals surface area contributed by atoms with Crippen LogP contribution in [0.5, 0.6) is 0 Å². The van der Waals surface area contributed by atoms with E-state index in [1.165, 1.54) is 45.1 Å². The summed E-state index contributed by atoms with van der Waals surface area (Å²) < 4.78 is 5.26. The smallest absolute Gasteiger partial charge is 0.0468 e. The van der Waals surface area contributed by atoms with E-state index >= 15 is 0 Å². The Kier molecular flexibility index (Phi) is 3.26. The Labute approximate surface area is 118 Å². The Balaban J connectivity index is 1.58. The van der Waals surface area contributed by atoms with Crippen LogP contribution in [0.25, 0.3) is 0 Å². The molecule has 0 aromatic heterocycles. The van der Waals surface area contributed by atoms with E-state index in [9.17, 15) is 0 Å². The van der Waals surface area contributed by atoms with E-state index in [0.29, 0.717) is 16.2 Å². The maximum absolute atomic E-state index is 5.26. The Bertz CT molecular complexity index is 347. The second-order valence-electron chi connectivity index (χ2n) is 8.29. The summed E-state index contributed by atoms with van der Waals surface area (Å²) in [5.41, 5.74) is 1.64. The molecule has 0 radical (unpaired) electrons. The van der Waals surface area contributed by atoms with Gasteiger partial charge in [0.05, 0.1) is 0 Å². The summed E-state index contributed by atoms with van der Waals surface area (Å²) in [5.74, 6) is 0.948. The standard InChI is InChI=1S/C17H31NO/c1-15(2)13-5-6-16(15,3)14(11-13)18-12-17(7-8-17)9-10-19-4/h13-14,18H,5-12H2,1-4H3. The van der Waals surface area contributed by atoms with Crippen molar-refractivity contribution in [1.29, 1.82) is 0 Å². The topological polar surface area (TPSA) is 21.3 Å². The molecule has 3 unspecified atom stereocenters. The normalized spacial score (nSPS) is 41.7. The van der Waals surface area contributed by atoms with Crippen molar-refractivity contribution in [2.75, 3.05) is 20.3 Å². The minimum absolute atomic E-state index is 0.523. The van der Waals surface area contributed by atoms with Gasteiger partial charge in [0.1, 0.15) is 0 Å². The highest BCUT2D eigenvalue weighted by atomic mass is 16.5. The molecule has 3 aliphatic rings. The molecule has 3 atom stereocenters. The maximum Gasteiger partial charge on any atom is 0.0468 e. The molecule has 0 saturated heterocycles. The molecule has 3 aliphatic carbocycles. The highest BCUT2D eigenvalue weighted by Crippen LogP contribution is 2.65. The van der Waals surface area contributed by atoms with Gasteiger partial charge >= 0.3 is 0 Å². The van der Waals surface area contributed by atoms with Gasteiger partial charge in [-0.05, 0) is 60.7 Å². The number of fused-ring (bicyclic) bond motifs is 2. The van der Waals surface area contributed by atoms with Gasteiger partial charge in [0.15, 0.2) is 0 Å². The van der Waals surface area contributed by atoms with Crippen LogP contribution in [-0.4, -0.2) is 26.3 Å². The van der Waals surface area contributed by atoms with E-state index in [4.69, 9.17) is 4.74 Å². The summed E-state index contributed by atoms with van der Waals surface area (Å²) >= 11 is 0. The van der Waals surface area contributed by atoms with Gasteiger partial charge in [-0.1, -0.05) is 20.8 Å². The Morgan fingerprint density at radius 2 is 1.89 bits per heavy atom. The van der Waals surface area contributed by atoms with E-state index < -0.39 is 0 Å². The number of rotatable bonds is 6. The SMILES string of the molecule is COCCC1(CNC2CC3CCC2(C)C3(C)C)CC1. The molecule has 2 bridgehead atoms. The summed E-state index contributed by atoms with van der Waals surface area (Å²) in [6.07, 6.45) is 8.33. The molecule has 19 heavy (non-hydrogen) atoms. The second kappa shape index (κ2) is 4.46. The van der Waals surface area contributed by atoms with Crippen molar-refractivity contribution >= 4 is 0 Å². The van der Waals surface area contributed by atoms with Gasteiger partial charge in [0, 0.05) is 26.3 Å². The Morgan fingerprint density at radius 3 is 2.37 bits per heavy atom. The molecule has 0 aromatic carbocycles. The first-order valence-corrected chi connectivity index (χ1v) is 8.16. The van der Waals surface area contributed by atoms with Crippen LogP contribution in [0.4, 0.5) is 0 Å². The number of nitrogens with one attached hydrogen (secondary N) is 1. The lowest BCUT2D eigenvalue weighted by Gasteiger charge is -2.40. The van der Waals surface area contributed by atoms with Gasteiger partial charge in [-0.25, -0.2) is 0 Å². The fraction of sp³-hybridized carbons (Fsp3) is 1.00. The average molecular weight is 265 g/mol. The van der Waals surface area contributed by atoms with Gasteiger partial charge in [-0.15, -0.1) is 0 Å². The molecule has 3 saturated carbocycles. The fourth-order valence-corrected chi connectivity index (χ4v) is 4.86. The van der Waals surface area contributed by atoms with E-state index in [1.807, 2.05) is 7.11 Å². The molecule has 110 valence electrons. The first-order chi connectivity index (χ1) is 8.94. The van der Waals surface area contributed by atoms with Gasteiger partial charge < -0.3 is 10.1 Å². The van der Waals surface area contributed by atoms with Gasteiger partial charge in [-0.3, -0.25) is 0 Å². The first kappa shape index (κ1) is 13.9. The lowest BCUT2D eigenvalue weighted by molar-refractivity contribution is 0.114. The average Bonchev–Trinajstić information content (AvgIpc) is 3.07. The monoisotopic (exact) mass is 265 g/mol. The van der Waals surface area contributed by atoms with Crippen LogP contribution in [0.2, 0.25) is 0 Å². The fourth-order valence-electron chi connectivity index (χ4n) is 4.86. The molecule has 0 spiro atoms. The number of methoxy groups -OCH3 is 1. The summed E-state index contributed by atoms with van der Waals surface area (Å²) in [6, 6.07) is 0.751. The van der Waals surface area contributed by atoms with E-state index in [1.54, 1.807) is 0 Å². The van der Waals surface area contributed by atoms with Crippen molar-refractivity contribution in [3.8, 4) is 0 Å². The predicted octanol–water partition coefficient (Wildman–Crippen LogP) is 3.61. The lowest BCUT2D eigenvalue weighted by atomic mass is 9.69. The summed E-state index contributed by atoms with van der Waals surface area (Å²) in [6.45, 7) is 9.69. The van der Waals surface area contributed by atoms with E-state index in [0.717, 1.165) is 18.6 Å². The van der Waals surface area contributed by atoms with Crippen LogP contribution >= 0.6 is 0 Å². The highest BCUT2D eigenvalue weighted by molar-refractivity contribution is 5.13. The quantitative estimate of drug-likeness (QED) is 0.792. The van der Waals surface area contributed by atoms with Crippen molar-refractivity contribution in [2.45, 2.75) is 65.3 Å². The Hall–Kier alpha value is -0.0800. The lowest BCUT2D eigenvalue weighted by Crippen LogP contribution is -2.46. The molecule has 0 heterocycles. The summed E-state index contributed by atoms with van der Waals surface area (Å²) in [4.78, 5) is 0. The van der Waals surface area contributed by atoms with Gasteiger partial charge in [0.2, 0.25) is 0 Å². The maximum atomic E-state index is 5.26. The van der Waals surface area contributed by atoms with Gasteiger partial charge in [0.25, 0.3) is 0 Å². The molecular formula is C17H31NO. The van der Waals surface area contributed by atoms with Gasteiger partial charge in [-0.2, -0.15) is 0 Å².